The Kier molecular flexibility index (Phi) is 8.14. The van der Waals surface area contributed by atoms with E-state index >= 15 is 0 Å². The van der Waals surface area contributed by atoms with Crippen LogP contribution in [-0.2, 0) is 0 Å². The molecule has 0 saturated carbocycles. The monoisotopic (exact) mass is 310 g/mol. The second-order valence-corrected chi connectivity index (χ2v) is 4.87. The zero-order valence-corrected chi connectivity index (χ0v) is 13.6. The van der Waals surface area contributed by atoms with Crippen molar-refractivity contribution < 1.29 is 19.0 Å². The molecule has 124 valence electrons. The van der Waals surface area contributed by atoms with Crippen LogP contribution in [0.15, 0.2) is 12.1 Å². The van der Waals surface area contributed by atoms with Crippen LogP contribution in [0.25, 0.3) is 0 Å². The molecule has 0 bridgehead atoms. The van der Waals surface area contributed by atoms with Crippen LogP contribution < -0.4 is 25.3 Å². The molecule has 0 saturated heterocycles. The zero-order chi connectivity index (χ0) is 16.4. The van der Waals surface area contributed by atoms with E-state index in [0.29, 0.717) is 29.4 Å². The molecular formula is C16H26N2O4. The molecule has 0 aliphatic carbocycles. The zero-order valence-electron chi connectivity index (χ0n) is 13.6. The lowest BCUT2D eigenvalue weighted by atomic mass is 10.1. The first-order valence-electron chi connectivity index (χ1n) is 7.46. The van der Waals surface area contributed by atoms with E-state index in [1.165, 1.54) is 21.3 Å². The van der Waals surface area contributed by atoms with Gasteiger partial charge in [0.05, 0.1) is 21.3 Å². The fraction of sp³-hybridized carbons (Fsp3) is 0.562. The standard InChI is InChI=1S/C16H26N2O4/c1-20-13-10-12(11-14(21-2)15(13)22-3)16(19)18-9-7-5-4-6-8-17/h10-11H,4-9,17H2,1-3H3,(H,18,19). The first-order valence-corrected chi connectivity index (χ1v) is 7.46. The van der Waals surface area contributed by atoms with E-state index < -0.39 is 0 Å². The first kappa shape index (κ1) is 18.1. The van der Waals surface area contributed by atoms with Crippen molar-refractivity contribution in [1.82, 2.24) is 5.32 Å². The summed E-state index contributed by atoms with van der Waals surface area (Å²) in [5, 5.41) is 2.89. The number of methoxy groups -OCH3 is 3. The van der Waals surface area contributed by atoms with E-state index in [0.717, 1.165) is 32.2 Å². The van der Waals surface area contributed by atoms with E-state index in [1.807, 2.05) is 0 Å². The van der Waals surface area contributed by atoms with Gasteiger partial charge in [0.15, 0.2) is 11.5 Å². The largest absolute Gasteiger partial charge is 0.493 e. The number of amides is 1. The number of hydrogen-bond acceptors (Lipinski definition) is 5. The smallest absolute Gasteiger partial charge is 0.251 e. The molecule has 1 rings (SSSR count). The Morgan fingerprint density at radius 1 is 1.00 bits per heavy atom. The molecule has 0 unspecified atom stereocenters. The summed E-state index contributed by atoms with van der Waals surface area (Å²) >= 11 is 0. The van der Waals surface area contributed by atoms with E-state index in [1.54, 1.807) is 12.1 Å². The third-order valence-corrected chi connectivity index (χ3v) is 3.34. The molecule has 0 aromatic heterocycles. The quantitative estimate of drug-likeness (QED) is 0.646. The van der Waals surface area contributed by atoms with Gasteiger partial charge in [0.25, 0.3) is 5.91 Å². The van der Waals surface area contributed by atoms with Crippen LogP contribution in [0.5, 0.6) is 17.2 Å². The maximum atomic E-state index is 12.2. The van der Waals surface area contributed by atoms with E-state index in [2.05, 4.69) is 5.32 Å². The molecular weight excluding hydrogens is 284 g/mol. The van der Waals surface area contributed by atoms with Crippen molar-refractivity contribution in [3.8, 4) is 17.2 Å². The van der Waals surface area contributed by atoms with Crippen molar-refractivity contribution in [2.75, 3.05) is 34.4 Å². The fourth-order valence-electron chi connectivity index (χ4n) is 2.14. The molecule has 0 aliphatic rings. The molecule has 0 aliphatic heterocycles. The summed E-state index contributed by atoms with van der Waals surface area (Å²) in [5.41, 5.74) is 5.92. The third kappa shape index (κ3) is 5.11. The fourth-order valence-corrected chi connectivity index (χ4v) is 2.14. The summed E-state index contributed by atoms with van der Waals surface area (Å²) in [5.74, 6) is 1.26. The number of ether oxygens (including phenoxy) is 3. The minimum atomic E-state index is -0.155. The van der Waals surface area contributed by atoms with Crippen molar-refractivity contribution in [1.29, 1.82) is 0 Å². The number of hydrogen-bond donors (Lipinski definition) is 2. The van der Waals surface area contributed by atoms with Crippen LogP contribution in [0, 0.1) is 0 Å². The highest BCUT2D eigenvalue weighted by molar-refractivity contribution is 5.95. The first-order chi connectivity index (χ1) is 10.7. The van der Waals surface area contributed by atoms with Crippen molar-refractivity contribution in [2.24, 2.45) is 5.73 Å². The average molecular weight is 310 g/mol. The SMILES string of the molecule is COc1cc(C(=O)NCCCCCCN)cc(OC)c1OC. The number of unbranched alkanes of at least 4 members (excludes halogenated alkanes) is 3. The molecule has 0 radical (unpaired) electrons. The molecule has 0 atom stereocenters. The van der Waals surface area contributed by atoms with E-state index in [-0.39, 0.29) is 5.91 Å². The Labute approximate surface area is 131 Å². The molecule has 1 aromatic rings. The molecule has 6 heteroatoms. The maximum absolute atomic E-state index is 12.2. The van der Waals surface area contributed by atoms with E-state index in [9.17, 15) is 4.79 Å². The second-order valence-electron chi connectivity index (χ2n) is 4.87. The Bertz CT molecular complexity index is 452. The van der Waals surface area contributed by atoms with Gasteiger partial charge in [-0.2, -0.15) is 0 Å². The van der Waals surface area contributed by atoms with Crippen molar-refractivity contribution >= 4 is 5.91 Å². The molecule has 0 fully saturated rings. The lowest BCUT2D eigenvalue weighted by Gasteiger charge is -2.14. The highest BCUT2D eigenvalue weighted by Crippen LogP contribution is 2.38. The maximum Gasteiger partial charge on any atom is 0.251 e. The van der Waals surface area contributed by atoms with Gasteiger partial charge < -0.3 is 25.3 Å². The van der Waals surface area contributed by atoms with Gasteiger partial charge >= 0.3 is 0 Å². The van der Waals surface area contributed by atoms with Gasteiger partial charge in [0.1, 0.15) is 0 Å². The number of rotatable bonds is 10. The van der Waals surface area contributed by atoms with Gasteiger partial charge in [-0.25, -0.2) is 0 Å². The summed E-state index contributed by atoms with van der Waals surface area (Å²) in [6.45, 7) is 1.36. The Morgan fingerprint density at radius 2 is 1.59 bits per heavy atom. The molecule has 22 heavy (non-hydrogen) atoms. The van der Waals surface area contributed by atoms with Gasteiger partial charge in [0.2, 0.25) is 5.75 Å². The van der Waals surface area contributed by atoms with Crippen molar-refractivity contribution in [3.05, 3.63) is 17.7 Å². The van der Waals surface area contributed by atoms with Gasteiger partial charge in [-0.1, -0.05) is 12.8 Å². The van der Waals surface area contributed by atoms with Crippen LogP contribution in [-0.4, -0.2) is 40.3 Å². The Hall–Kier alpha value is -1.95. The second kappa shape index (κ2) is 9.89. The highest BCUT2D eigenvalue weighted by atomic mass is 16.5. The minimum Gasteiger partial charge on any atom is -0.493 e. The van der Waals surface area contributed by atoms with Gasteiger partial charge in [0, 0.05) is 12.1 Å². The summed E-state index contributed by atoms with van der Waals surface area (Å²) in [4.78, 5) is 12.2. The van der Waals surface area contributed by atoms with Crippen molar-refractivity contribution in [3.63, 3.8) is 0 Å². The van der Waals surface area contributed by atoms with Crippen LogP contribution in [0.4, 0.5) is 0 Å². The van der Waals surface area contributed by atoms with Crippen molar-refractivity contribution in [2.45, 2.75) is 25.7 Å². The Balaban J connectivity index is 2.65. The molecule has 1 aromatic carbocycles. The molecule has 6 nitrogen and oxygen atoms in total. The van der Waals surface area contributed by atoms with E-state index in [4.69, 9.17) is 19.9 Å². The molecule has 1 amide bonds. The predicted octanol–water partition coefficient (Wildman–Crippen LogP) is 1.96. The number of carbonyl (C=O) groups is 1. The highest BCUT2D eigenvalue weighted by Gasteiger charge is 2.16. The summed E-state index contributed by atoms with van der Waals surface area (Å²) < 4.78 is 15.7. The summed E-state index contributed by atoms with van der Waals surface area (Å²) in [7, 11) is 4.58. The van der Waals surface area contributed by atoms with Crippen LogP contribution in [0.3, 0.4) is 0 Å². The predicted molar refractivity (Wildman–Crippen MR) is 86.0 cm³/mol. The van der Waals surface area contributed by atoms with Gasteiger partial charge in [-0.15, -0.1) is 0 Å². The summed E-state index contributed by atoms with van der Waals surface area (Å²) in [6.07, 6.45) is 4.13. The summed E-state index contributed by atoms with van der Waals surface area (Å²) in [6, 6.07) is 3.29. The topological polar surface area (TPSA) is 82.8 Å². The van der Waals surface area contributed by atoms with Crippen LogP contribution in [0.1, 0.15) is 36.0 Å². The van der Waals surface area contributed by atoms with Gasteiger partial charge in [-0.3, -0.25) is 4.79 Å². The van der Waals surface area contributed by atoms with Crippen LogP contribution in [0.2, 0.25) is 0 Å². The molecule has 3 N–H and O–H groups in total. The normalized spacial score (nSPS) is 10.2. The lowest BCUT2D eigenvalue weighted by Crippen LogP contribution is -2.24. The van der Waals surface area contributed by atoms with Gasteiger partial charge in [-0.05, 0) is 31.5 Å². The van der Waals surface area contributed by atoms with Crippen LogP contribution >= 0.6 is 0 Å². The number of benzene rings is 1. The number of nitrogens with one attached hydrogen (secondary N) is 1. The third-order valence-electron chi connectivity index (χ3n) is 3.34. The molecule has 0 spiro atoms. The number of nitrogens with two attached hydrogens (primary N) is 1. The lowest BCUT2D eigenvalue weighted by molar-refractivity contribution is 0.0952. The average Bonchev–Trinajstić information content (AvgIpc) is 2.56. The number of carbonyl (C=O) groups excluding carboxylic acids is 1. The Morgan fingerprint density at radius 3 is 2.09 bits per heavy atom. The minimum absolute atomic E-state index is 0.155. The molecule has 0 heterocycles.